The van der Waals surface area contributed by atoms with Gasteiger partial charge in [-0.25, -0.2) is 4.98 Å². The van der Waals surface area contributed by atoms with Gasteiger partial charge in [-0.3, -0.25) is 4.79 Å². The predicted octanol–water partition coefficient (Wildman–Crippen LogP) is 1.86. The van der Waals surface area contributed by atoms with Gasteiger partial charge in [-0.1, -0.05) is 6.07 Å². The van der Waals surface area contributed by atoms with Crippen LogP contribution in [0, 0.1) is 0 Å². The Bertz CT molecular complexity index is 898. The van der Waals surface area contributed by atoms with E-state index in [2.05, 4.69) is 49.9 Å². The quantitative estimate of drug-likeness (QED) is 0.541. The molecule has 2 saturated heterocycles. The van der Waals surface area contributed by atoms with Crippen molar-refractivity contribution in [3.8, 4) is 0 Å². The van der Waals surface area contributed by atoms with Crippen LogP contribution in [0.25, 0.3) is 0 Å². The first kappa shape index (κ1) is 23.0. The van der Waals surface area contributed by atoms with Crippen molar-refractivity contribution in [2.45, 2.75) is 33.1 Å². The Kier molecular flexibility index (Phi) is 7.74. The SMILES string of the molecule is CCN(CC)c1nc(NCCCN2CCCC2=O)nc(N2CCN(c3ccccn3)CC2)n1. The Morgan fingerprint density at radius 1 is 1.00 bits per heavy atom. The highest BCUT2D eigenvalue weighted by atomic mass is 16.2. The van der Waals surface area contributed by atoms with Crippen LogP contribution >= 0.6 is 0 Å². The molecule has 4 rings (SSSR count). The maximum absolute atomic E-state index is 11.8. The van der Waals surface area contributed by atoms with Gasteiger partial charge in [0.15, 0.2) is 0 Å². The fourth-order valence-electron chi connectivity index (χ4n) is 4.31. The maximum atomic E-state index is 11.8. The zero-order valence-corrected chi connectivity index (χ0v) is 19.8. The van der Waals surface area contributed by atoms with Gasteiger partial charge < -0.3 is 24.9 Å². The van der Waals surface area contributed by atoms with Crippen LogP contribution in [0.5, 0.6) is 0 Å². The third-order valence-electron chi connectivity index (χ3n) is 6.25. The standard InChI is InChI=1S/C23H35N9O/c1-3-29(4-2)22-26-21(25-12-8-14-31-13-7-10-20(31)33)27-23(28-22)32-17-15-30(16-18-32)19-9-5-6-11-24-19/h5-6,9,11H,3-4,7-8,10,12-18H2,1-2H3,(H,25,26,27,28). The van der Waals surface area contributed by atoms with Crippen molar-refractivity contribution in [3.05, 3.63) is 24.4 Å². The van der Waals surface area contributed by atoms with Gasteiger partial charge in [-0.15, -0.1) is 0 Å². The van der Waals surface area contributed by atoms with E-state index in [9.17, 15) is 4.79 Å². The summed E-state index contributed by atoms with van der Waals surface area (Å²) in [5.74, 6) is 3.29. The van der Waals surface area contributed by atoms with E-state index in [-0.39, 0.29) is 5.91 Å². The second-order valence-corrected chi connectivity index (χ2v) is 8.36. The molecule has 0 bridgehead atoms. The van der Waals surface area contributed by atoms with Crippen LogP contribution in [0.1, 0.15) is 33.1 Å². The number of carbonyl (C=O) groups excluding carboxylic acids is 1. The molecule has 2 fully saturated rings. The number of nitrogens with zero attached hydrogens (tertiary/aromatic N) is 8. The lowest BCUT2D eigenvalue weighted by atomic mass is 10.3. The van der Waals surface area contributed by atoms with E-state index in [0.29, 0.717) is 24.3 Å². The first-order valence-electron chi connectivity index (χ1n) is 12.1. The summed E-state index contributed by atoms with van der Waals surface area (Å²) < 4.78 is 0. The number of nitrogens with one attached hydrogen (secondary N) is 1. The van der Waals surface area contributed by atoms with Gasteiger partial charge in [0.05, 0.1) is 0 Å². The number of anilines is 4. The molecule has 33 heavy (non-hydrogen) atoms. The number of hydrogen-bond acceptors (Lipinski definition) is 9. The molecule has 4 heterocycles. The first-order valence-corrected chi connectivity index (χ1v) is 12.1. The predicted molar refractivity (Wildman–Crippen MR) is 131 cm³/mol. The van der Waals surface area contributed by atoms with Gasteiger partial charge >= 0.3 is 0 Å². The van der Waals surface area contributed by atoms with Gasteiger partial charge in [0, 0.05) is 71.5 Å². The third-order valence-corrected chi connectivity index (χ3v) is 6.25. The fourth-order valence-corrected chi connectivity index (χ4v) is 4.31. The van der Waals surface area contributed by atoms with Crippen molar-refractivity contribution in [3.63, 3.8) is 0 Å². The van der Waals surface area contributed by atoms with E-state index < -0.39 is 0 Å². The number of rotatable bonds is 10. The maximum Gasteiger partial charge on any atom is 0.232 e. The van der Waals surface area contributed by atoms with Crippen molar-refractivity contribution in [1.82, 2.24) is 24.8 Å². The van der Waals surface area contributed by atoms with Gasteiger partial charge in [0.1, 0.15) is 5.82 Å². The molecule has 0 spiro atoms. The Morgan fingerprint density at radius 3 is 2.45 bits per heavy atom. The van der Waals surface area contributed by atoms with Crippen molar-refractivity contribution >= 4 is 29.6 Å². The molecule has 2 aromatic rings. The molecule has 1 N–H and O–H groups in total. The lowest BCUT2D eigenvalue weighted by Gasteiger charge is -2.35. The number of amides is 1. The van der Waals surface area contributed by atoms with Crippen LogP contribution in [0.3, 0.4) is 0 Å². The normalized spacial score (nSPS) is 16.4. The summed E-state index contributed by atoms with van der Waals surface area (Å²) in [6.45, 7) is 11.7. The number of hydrogen-bond donors (Lipinski definition) is 1. The topological polar surface area (TPSA) is 93.6 Å². The summed E-state index contributed by atoms with van der Waals surface area (Å²) in [5.41, 5.74) is 0. The van der Waals surface area contributed by atoms with Crippen LogP contribution < -0.4 is 20.0 Å². The number of pyridine rings is 1. The highest BCUT2D eigenvalue weighted by molar-refractivity contribution is 5.78. The number of carbonyl (C=O) groups is 1. The molecular formula is C23H35N9O. The van der Waals surface area contributed by atoms with Gasteiger partial charge in [-0.2, -0.15) is 15.0 Å². The monoisotopic (exact) mass is 453 g/mol. The van der Waals surface area contributed by atoms with Crippen molar-refractivity contribution in [1.29, 1.82) is 0 Å². The zero-order chi connectivity index (χ0) is 23.0. The smallest absolute Gasteiger partial charge is 0.232 e. The van der Waals surface area contributed by atoms with Crippen molar-refractivity contribution in [2.24, 2.45) is 0 Å². The molecular weight excluding hydrogens is 418 g/mol. The summed E-state index contributed by atoms with van der Waals surface area (Å²) in [4.78, 5) is 39.1. The number of aromatic nitrogens is 4. The molecule has 1 amide bonds. The van der Waals surface area contributed by atoms with E-state index in [1.807, 2.05) is 23.2 Å². The van der Waals surface area contributed by atoms with E-state index in [4.69, 9.17) is 9.97 Å². The molecule has 0 saturated carbocycles. The van der Waals surface area contributed by atoms with Crippen LogP contribution in [0.4, 0.5) is 23.7 Å². The first-order chi connectivity index (χ1) is 16.2. The number of piperazine rings is 1. The molecule has 10 heteroatoms. The molecule has 0 aromatic carbocycles. The van der Waals surface area contributed by atoms with Crippen LogP contribution in [-0.2, 0) is 4.79 Å². The molecule has 178 valence electrons. The molecule has 2 aliphatic rings. The highest BCUT2D eigenvalue weighted by Crippen LogP contribution is 2.20. The average molecular weight is 454 g/mol. The summed E-state index contributed by atoms with van der Waals surface area (Å²) in [5, 5.41) is 3.37. The Labute approximate surface area is 196 Å². The van der Waals surface area contributed by atoms with E-state index in [1.165, 1.54) is 0 Å². The third kappa shape index (κ3) is 5.80. The summed E-state index contributed by atoms with van der Waals surface area (Å²) in [6, 6.07) is 6.01. The van der Waals surface area contributed by atoms with Crippen molar-refractivity contribution in [2.75, 3.05) is 78.9 Å². The number of likely N-dealkylation sites (tertiary alicyclic amines) is 1. The molecule has 0 radical (unpaired) electrons. The molecule has 0 aliphatic carbocycles. The molecule has 0 atom stereocenters. The lowest BCUT2D eigenvalue weighted by molar-refractivity contribution is -0.127. The second-order valence-electron chi connectivity index (χ2n) is 8.36. The van der Waals surface area contributed by atoms with Crippen LogP contribution in [0.15, 0.2) is 24.4 Å². The molecule has 10 nitrogen and oxygen atoms in total. The van der Waals surface area contributed by atoms with E-state index in [1.54, 1.807) is 0 Å². The zero-order valence-electron chi connectivity index (χ0n) is 19.8. The van der Waals surface area contributed by atoms with E-state index >= 15 is 0 Å². The lowest BCUT2D eigenvalue weighted by Crippen LogP contribution is -2.47. The highest BCUT2D eigenvalue weighted by Gasteiger charge is 2.22. The molecule has 0 unspecified atom stereocenters. The Morgan fingerprint density at radius 2 is 1.79 bits per heavy atom. The Hall–Kier alpha value is -3.17. The molecule has 2 aromatic heterocycles. The van der Waals surface area contributed by atoms with Gasteiger partial charge in [-0.05, 0) is 38.8 Å². The Balaban J connectivity index is 1.40. The summed E-state index contributed by atoms with van der Waals surface area (Å²) in [6.07, 6.45) is 4.37. The average Bonchev–Trinajstić information content (AvgIpc) is 3.28. The minimum absolute atomic E-state index is 0.270. The minimum Gasteiger partial charge on any atom is -0.354 e. The minimum atomic E-state index is 0.270. The largest absolute Gasteiger partial charge is 0.354 e. The van der Waals surface area contributed by atoms with Crippen LogP contribution in [-0.4, -0.2) is 89.6 Å². The second kappa shape index (κ2) is 11.1. The fraction of sp³-hybridized carbons (Fsp3) is 0.609. The molecule has 2 aliphatic heterocycles. The van der Waals surface area contributed by atoms with E-state index in [0.717, 1.165) is 77.6 Å². The van der Waals surface area contributed by atoms with Crippen LogP contribution in [0.2, 0.25) is 0 Å². The van der Waals surface area contributed by atoms with Gasteiger partial charge in [0.25, 0.3) is 0 Å². The van der Waals surface area contributed by atoms with Crippen molar-refractivity contribution < 1.29 is 4.79 Å². The van der Waals surface area contributed by atoms with Gasteiger partial charge in [0.2, 0.25) is 23.8 Å². The summed E-state index contributed by atoms with van der Waals surface area (Å²) in [7, 11) is 0. The summed E-state index contributed by atoms with van der Waals surface area (Å²) >= 11 is 0.